The number of anilines is 5. The summed E-state index contributed by atoms with van der Waals surface area (Å²) in [6, 6.07) is 0. The van der Waals surface area contributed by atoms with Crippen LogP contribution in [0.25, 0.3) is 44.7 Å². The first-order valence-electron chi connectivity index (χ1n) is 38.1. The molecule has 0 saturated carbocycles. The molecule has 0 amide bonds. The summed E-state index contributed by atoms with van der Waals surface area (Å²) in [6.45, 7) is -26.0. The van der Waals surface area contributed by atoms with Crippen LogP contribution in [0, 0.1) is 13.8 Å². The number of rotatable bonds is 35. The summed E-state index contributed by atoms with van der Waals surface area (Å²) in [5.74, 6) is -0.122. The largest absolute Gasteiger partial charge is 0.780 e. The molecule has 65 heteroatoms. The molecule has 6 aliphatic rings. The van der Waals surface area contributed by atoms with Crippen molar-refractivity contribution in [3.8, 4) is 0 Å². The van der Waals surface area contributed by atoms with Crippen LogP contribution in [0.2, 0.25) is 0 Å². The monoisotopic (exact) mass is 2000 g/mol. The SMILES string of the molecule is CC[C@H]1O[C@@H](n2cnc3c(N)ncnc32)CC1OP([O-])(=S)OC[C@H]1O[C@@H](n2cnc3c(N)ncnc32)CC1OP(=O)([S-])OC[C@H]1O[C@@H](n2cnc3c(N)ncnc32)CC1OP(O)(=S)OC[C@H]1O[C@@H](n2cc(C)c(=O)[nH]c2=O)CC1OP(O)(=S)OC[C@H]1O[C@@H](n2cnc3c(=O)[nH]c(N)nc32)CC1OP(O)(=S)OC[C@H]1O[C@@H](n2cc(C)c(N)nc2=O)CC1OP([O-])(=S)OC. The summed E-state index contributed by atoms with van der Waals surface area (Å²) >= 11 is 33.1. The molecule has 53 nitrogen and oxygen atoms in total. The summed E-state index contributed by atoms with van der Waals surface area (Å²) in [5, 5.41) is 0. The smallest absolute Gasteiger partial charge is 0.351 e. The average Bonchev–Trinajstić information content (AvgIpc) is 1.64. The second-order valence-corrected chi connectivity index (χ2v) is 46.0. The molecule has 6 aliphatic heterocycles. The molecule has 10 aromatic rings. The fraction of sp³-hybridized carbons (Fsp3) is 0.548. The summed E-state index contributed by atoms with van der Waals surface area (Å²) in [5.41, 5.74) is 28.9. The lowest BCUT2D eigenvalue weighted by Gasteiger charge is -2.34. The zero-order valence-corrected chi connectivity index (χ0v) is 76.5. The predicted octanol–water partition coefficient (Wildman–Crippen LogP) is 0.625. The second-order valence-electron chi connectivity index (χ2n) is 29.4. The Morgan fingerprint density at radius 1 is 0.441 bits per heavy atom. The highest BCUT2D eigenvalue weighted by atomic mass is 32.7. The van der Waals surface area contributed by atoms with Gasteiger partial charge in [0.15, 0.2) is 52.4 Å². The molecule has 0 spiro atoms. The molecule has 15 N–H and O–H groups in total. The maximum Gasteiger partial charge on any atom is 0.351 e. The van der Waals surface area contributed by atoms with E-state index < -0.39 is 207 Å². The molecule has 16 rings (SSSR count). The Balaban J connectivity index is 0.613. The van der Waals surface area contributed by atoms with E-state index in [9.17, 15) is 48.2 Å². The maximum absolute atomic E-state index is 14.9. The number of H-pyrrole nitrogens is 2. The van der Waals surface area contributed by atoms with Crippen molar-refractivity contribution in [1.29, 1.82) is 0 Å². The number of aryl methyl sites for hydroxylation is 2. The van der Waals surface area contributed by atoms with E-state index in [2.05, 4.69) is 69.8 Å². The number of aromatic amines is 2. The van der Waals surface area contributed by atoms with E-state index in [1.54, 1.807) is 11.5 Å². The minimum Gasteiger partial charge on any atom is -0.780 e. The van der Waals surface area contributed by atoms with Crippen LogP contribution in [0.5, 0.6) is 0 Å². The van der Waals surface area contributed by atoms with E-state index >= 15 is 0 Å². The third-order valence-corrected chi connectivity index (χ3v) is 30.7. The van der Waals surface area contributed by atoms with Crippen LogP contribution in [0.4, 0.5) is 29.2 Å². The molecular weight excluding hydrogens is 1920 g/mol. The predicted molar refractivity (Wildman–Crippen MR) is 456 cm³/mol. The van der Waals surface area contributed by atoms with Crippen LogP contribution >= 0.6 is 40.4 Å². The molecule has 10 aromatic heterocycles. The summed E-state index contributed by atoms with van der Waals surface area (Å²) in [7, 11) is 1.06. The minimum atomic E-state index is -4.80. The van der Waals surface area contributed by atoms with E-state index in [1.165, 1.54) is 77.3 Å². The molecule has 0 aliphatic carbocycles. The van der Waals surface area contributed by atoms with Crippen molar-refractivity contribution < 1.29 is 112 Å². The third-order valence-electron chi connectivity index (χ3n) is 21.1. The van der Waals surface area contributed by atoms with Gasteiger partial charge in [-0.15, -0.1) is 0 Å². The Bertz CT molecular complexity index is 6400. The van der Waals surface area contributed by atoms with Gasteiger partial charge in [0.25, 0.3) is 11.1 Å². The van der Waals surface area contributed by atoms with Crippen molar-refractivity contribution in [2.75, 3.05) is 68.8 Å². The number of aromatic nitrogens is 20. The van der Waals surface area contributed by atoms with Crippen LogP contribution in [-0.4, -0.2) is 225 Å². The number of ether oxygens (including phenoxy) is 6. The normalized spacial score (nSPS) is 29.3. The van der Waals surface area contributed by atoms with Crippen LogP contribution in [0.3, 0.4) is 0 Å². The van der Waals surface area contributed by atoms with Gasteiger partial charge in [-0.05, 0) is 55.7 Å². The molecule has 0 aromatic carbocycles. The van der Waals surface area contributed by atoms with E-state index in [1.807, 2.05) is 6.92 Å². The van der Waals surface area contributed by atoms with Gasteiger partial charge in [-0.25, -0.2) is 59.4 Å². The van der Waals surface area contributed by atoms with Gasteiger partial charge in [-0.2, -0.15) is 9.97 Å². The topological polar surface area (TPSA) is 704 Å². The molecule has 0 radical (unpaired) electrons. The summed E-state index contributed by atoms with van der Waals surface area (Å²) in [4.78, 5) is 171. The zero-order valence-electron chi connectivity index (χ0n) is 66.2. The Morgan fingerprint density at radius 3 is 1.23 bits per heavy atom. The lowest BCUT2D eigenvalue weighted by atomic mass is 10.1. The maximum atomic E-state index is 14.9. The molecule has 127 heavy (non-hydrogen) atoms. The van der Waals surface area contributed by atoms with Crippen LogP contribution in [0.15, 0.2) is 75.9 Å². The van der Waals surface area contributed by atoms with E-state index in [4.69, 9.17) is 183 Å². The molecule has 0 bridgehead atoms. The minimum absolute atomic E-state index is 0.0109. The number of nitrogens with zero attached hydrogens (tertiary/aromatic N) is 18. The van der Waals surface area contributed by atoms with Crippen LogP contribution in [-0.2, 0) is 159 Å². The Kier molecular flexibility index (Phi) is 27.7. The number of fused-ring (bicyclic) bond motifs is 4. The van der Waals surface area contributed by atoms with Crippen molar-refractivity contribution in [2.24, 2.45) is 0 Å². The van der Waals surface area contributed by atoms with Gasteiger partial charge in [-0.3, -0.25) is 51.5 Å². The van der Waals surface area contributed by atoms with Gasteiger partial charge < -0.3 is 148 Å². The van der Waals surface area contributed by atoms with Crippen LogP contribution in [0.1, 0.15) is 100 Å². The van der Waals surface area contributed by atoms with Gasteiger partial charge in [0.1, 0.15) is 123 Å². The van der Waals surface area contributed by atoms with Crippen molar-refractivity contribution in [1.82, 2.24) is 97.2 Å². The Labute approximate surface area is 744 Å². The fourth-order valence-electron chi connectivity index (χ4n) is 15.0. The number of hydrogen-bond acceptors (Lipinski definition) is 48. The lowest BCUT2D eigenvalue weighted by Crippen LogP contribution is -2.33. The molecule has 688 valence electrons. The highest BCUT2D eigenvalue weighted by Gasteiger charge is 2.50. The van der Waals surface area contributed by atoms with Gasteiger partial charge in [-0.1, -0.05) is 30.5 Å². The van der Waals surface area contributed by atoms with Crippen LogP contribution < -0.4 is 61.0 Å². The first-order valence-corrected chi connectivity index (χ1v) is 53.5. The number of nitrogen functional groups attached to an aromatic ring is 5. The van der Waals surface area contributed by atoms with Crippen molar-refractivity contribution >= 4 is 186 Å². The highest BCUT2D eigenvalue weighted by molar-refractivity contribution is 8.32. The van der Waals surface area contributed by atoms with Crippen molar-refractivity contribution in [2.45, 2.75) is 176 Å². The number of nitrogens with one attached hydrogen (secondary N) is 2. The van der Waals surface area contributed by atoms with Gasteiger partial charge in [0.2, 0.25) is 5.95 Å². The summed E-state index contributed by atoms with van der Waals surface area (Å²) < 4.78 is 132. The molecule has 24 atom stereocenters. The van der Waals surface area contributed by atoms with Crippen molar-refractivity contribution in [3.05, 3.63) is 109 Å². The first kappa shape index (κ1) is 93.7. The number of hydrogen-bond donors (Lipinski definition) is 10. The molecule has 12 unspecified atom stereocenters. The fourth-order valence-corrected chi connectivity index (χ4v) is 23.3. The third kappa shape index (κ3) is 21.0. The quantitative estimate of drug-likeness (QED) is 0.0192. The van der Waals surface area contributed by atoms with Gasteiger partial charge >= 0.3 is 31.5 Å². The highest BCUT2D eigenvalue weighted by Crippen LogP contribution is 2.58. The second kappa shape index (κ2) is 37.5. The molecular formula is C62H78N25O28P6S6-3. The van der Waals surface area contributed by atoms with E-state index in [0.29, 0.717) is 23.1 Å². The Morgan fingerprint density at radius 2 is 0.795 bits per heavy atom. The van der Waals surface area contributed by atoms with Crippen molar-refractivity contribution in [3.63, 3.8) is 0 Å². The van der Waals surface area contributed by atoms with E-state index in [-0.39, 0.29) is 107 Å². The number of nitrogens with two attached hydrogens (primary N) is 5. The van der Waals surface area contributed by atoms with Gasteiger partial charge in [0, 0.05) is 69.2 Å². The lowest BCUT2D eigenvalue weighted by molar-refractivity contribution is -0.215. The summed E-state index contributed by atoms with van der Waals surface area (Å²) in [6.07, 6.45) is -10.6. The zero-order chi connectivity index (χ0) is 90.3. The molecule has 6 fully saturated rings. The van der Waals surface area contributed by atoms with Gasteiger partial charge in [0.05, 0.1) is 101 Å². The Hall–Kier alpha value is -6.53. The first-order chi connectivity index (χ1) is 60.2. The standard InChI is InChI=1S/C62H81N25O28P6S6/c1-5-28-29(6-42(104-28)84-22-74-46-51(64)68-19-71-54(46)84)111-117(93,123)99-16-37-32(9-43(107-37)85-23-75-47-52(65)69-20-72-55(47)85)114-121(97,127)102-17-38-33(10-44(108-38)86-24-76-48-53(66)70-21-73-56(48)86)113-120(96,126)101-15-36-31(8-41(106-36)83-13-27(3)58(88)81-62(83)91)112-118(94,124)103-18-39-34(11-45(109-39)87-25-77-49-57(87)79-60(67)80-59(49)89)115-119(95,125)100-14-35-30(110-116(92,122)98-4)7-40(105-35)82-12-26(2)50(63)78-61(82)90/h12-13,19-25,28-45H,5-11,14-18H2,1-4H3,(H,92,122)(H,93,123)(H,94,124)(H,95,125)(H,96,126)(H,97,127)(H2,63,78,90)(H2,64,68,71)(H2,65,69,72)(H2,66,70,73)(H,81,88,91)(H3,67,79,80,89)/p-3/t28-,29?,30?,31?,32?,33?,34?,35-,36-,37-,38-,39-,40-,41-,42-,43-,44-,45-,116?,117?,118?,119?,120?,121?/m1/s1. The molecule has 6 saturated heterocycles. The number of imidazole rings is 4. The average molecular weight is 2000 g/mol. The molecule has 16 heterocycles. The van der Waals surface area contributed by atoms with E-state index in [0.717, 1.165) is 16.2 Å².